The van der Waals surface area contributed by atoms with Crippen molar-refractivity contribution in [3.05, 3.63) is 28.8 Å². The Labute approximate surface area is 124 Å². The normalized spacial score (nSPS) is 17.6. The van der Waals surface area contributed by atoms with Gasteiger partial charge in [-0.3, -0.25) is 0 Å². The Hall–Kier alpha value is -1.91. The Morgan fingerprint density at radius 3 is 2.95 bits per heavy atom. The first kappa shape index (κ1) is 14.5. The lowest BCUT2D eigenvalue weighted by atomic mass is 10.2. The van der Waals surface area contributed by atoms with Crippen LogP contribution in [0.4, 0.5) is 10.5 Å². The number of hydrogen-bond donors (Lipinski definition) is 2. The number of carbonyl (C=O) groups is 2. The molecule has 1 atom stereocenters. The maximum Gasteiger partial charge on any atom is 0.327 e. The molecule has 1 saturated heterocycles. The second kappa shape index (κ2) is 6.03. The van der Waals surface area contributed by atoms with Gasteiger partial charge in [0.05, 0.1) is 17.1 Å². The first-order valence-corrected chi connectivity index (χ1v) is 7.14. The number of anilines is 1. The van der Waals surface area contributed by atoms with Crippen LogP contribution in [0.15, 0.2) is 18.2 Å². The molecule has 8 heteroatoms. The molecule has 1 fully saturated rings. The summed E-state index contributed by atoms with van der Waals surface area (Å²) < 4.78 is 0. The average Bonchev–Trinajstić information content (AvgIpc) is 2.88. The molecule has 0 saturated carbocycles. The van der Waals surface area contributed by atoms with E-state index in [-0.39, 0.29) is 11.3 Å². The van der Waals surface area contributed by atoms with Gasteiger partial charge in [-0.1, -0.05) is 11.6 Å². The molecule has 1 unspecified atom stereocenters. The summed E-state index contributed by atoms with van der Waals surface area (Å²) in [5.74, 6) is -0.397. The standard InChI is InChI=1S/C12H10ClN3O3S/c13-8-2-1-7(4-14)9(3-8)15-12(19)16-6-20-5-10(16)11(17)18/h1-3,10H,5-6H2,(H,15,19)(H,17,18). The van der Waals surface area contributed by atoms with E-state index in [2.05, 4.69) is 5.32 Å². The number of halogens is 1. The number of carboxylic acids is 1. The number of carbonyl (C=O) groups excluding carboxylic acids is 1. The topological polar surface area (TPSA) is 93.4 Å². The first-order valence-electron chi connectivity index (χ1n) is 5.60. The summed E-state index contributed by atoms with van der Waals surface area (Å²) in [7, 11) is 0. The van der Waals surface area contributed by atoms with Crippen LogP contribution in [0, 0.1) is 11.3 Å². The summed E-state index contributed by atoms with van der Waals surface area (Å²) in [4.78, 5) is 24.3. The average molecular weight is 312 g/mol. The SMILES string of the molecule is N#Cc1ccc(Cl)cc1NC(=O)N1CSCC1C(=O)O. The third kappa shape index (κ3) is 2.98. The molecule has 2 rings (SSSR count). The summed E-state index contributed by atoms with van der Waals surface area (Å²) >= 11 is 7.19. The van der Waals surface area contributed by atoms with Crippen molar-refractivity contribution in [3.63, 3.8) is 0 Å². The predicted octanol–water partition coefficient (Wildman–Crippen LogP) is 2.20. The van der Waals surface area contributed by atoms with Crippen LogP contribution in [-0.2, 0) is 4.79 Å². The molecule has 2 N–H and O–H groups in total. The van der Waals surface area contributed by atoms with Crippen molar-refractivity contribution in [2.45, 2.75) is 6.04 Å². The molecular weight excluding hydrogens is 302 g/mol. The molecule has 6 nitrogen and oxygen atoms in total. The lowest BCUT2D eigenvalue weighted by molar-refractivity contribution is -0.140. The number of nitrogens with zero attached hydrogens (tertiary/aromatic N) is 2. The highest BCUT2D eigenvalue weighted by Gasteiger charge is 2.34. The van der Waals surface area contributed by atoms with Gasteiger partial charge in [-0.05, 0) is 18.2 Å². The zero-order chi connectivity index (χ0) is 14.7. The molecule has 20 heavy (non-hydrogen) atoms. The number of benzene rings is 1. The minimum atomic E-state index is -1.04. The third-order valence-electron chi connectivity index (χ3n) is 2.77. The monoisotopic (exact) mass is 311 g/mol. The van der Waals surface area contributed by atoms with Crippen LogP contribution in [0.25, 0.3) is 0 Å². The van der Waals surface area contributed by atoms with Crippen molar-refractivity contribution >= 4 is 41.1 Å². The highest BCUT2D eigenvalue weighted by Crippen LogP contribution is 2.24. The van der Waals surface area contributed by atoms with E-state index in [1.807, 2.05) is 6.07 Å². The lowest BCUT2D eigenvalue weighted by Gasteiger charge is -2.21. The number of nitrogens with one attached hydrogen (secondary N) is 1. The minimum Gasteiger partial charge on any atom is -0.480 e. The van der Waals surface area contributed by atoms with Crippen molar-refractivity contribution in [1.82, 2.24) is 4.90 Å². The number of thioether (sulfide) groups is 1. The Kier molecular flexibility index (Phi) is 4.37. The van der Waals surface area contributed by atoms with Gasteiger partial charge >= 0.3 is 12.0 Å². The summed E-state index contributed by atoms with van der Waals surface area (Å²) in [6.45, 7) is 0. The van der Waals surface area contributed by atoms with E-state index in [1.165, 1.54) is 28.8 Å². The van der Waals surface area contributed by atoms with Gasteiger partial charge < -0.3 is 15.3 Å². The quantitative estimate of drug-likeness (QED) is 0.873. The Morgan fingerprint density at radius 2 is 2.30 bits per heavy atom. The summed E-state index contributed by atoms with van der Waals surface area (Å²) in [5, 5.41) is 20.9. The molecule has 0 aromatic heterocycles. The number of amides is 2. The van der Waals surface area contributed by atoms with E-state index >= 15 is 0 Å². The molecule has 0 spiro atoms. The fourth-order valence-corrected chi connectivity index (χ4v) is 3.07. The number of carboxylic acid groups (broad SMARTS) is 1. The predicted molar refractivity (Wildman–Crippen MR) is 75.8 cm³/mol. The largest absolute Gasteiger partial charge is 0.480 e. The third-order valence-corrected chi connectivity index (χ3v) is 4.02. The smallest absolute Gasteiger partial charge is 0.327 e. The fourth-order valence-electron chi connectivity index (χ4n) is 1.75. The molecule has 0 radical (unpaired) electrons. The van der Waals surface area contributed by atoms with Crippen molar-refractivity contribution in [3.8, 4) is 6.07 Å². The van der Waals surface area contributed by atoms with Crippen molar-refractivity contribution in [2.75, 3.05) is 16.9 Å². The van der Waals surface area contributed by atoms with Crippen LogP contribution in [0.2, 0.25) is 5.02 Å². The van der Waals surface area contributed by atoms with E-state index in [0.717, 1.165) is 0 Å². The molecule has 1 heterocycles. The number of urea groups is 1. The zero-order valence-electron chi connectivity index (χ0n) is 10.2. The second-order valence-corrected chi connectivity index (χ2v) is 5.49. The Bertz CT molecular complexity index is 602. The first-order chi connectivity index (χ1) is 9.52. The zero-order valence-corrected chi connectivity index (χ0v) is 11.7. The summed E-state index contributed by atoms with van der Waals surface area (Å²) in [6, 6.07) is 5.02. The maximum atomic E-state index is 12.1. The van der Waals surface area contributed by atoms with Crippen LogP contribution in [-0.4, -0.2) is 39.7 Å². The van der Waals surface area contributed by atoms with Gasteiger partial charge in [0.25, 0.3) is 0 Å². The van der Waals surface area contributed by atoms with Gasteiger partial charge in [-0.25, -0.2) is 9.59 Å². The number of nitriles is 1. The van der Waals surface area contributed by atoms with Gasteiger partial charge in [-0.2, -0.15) is 5.26 Å². The van der Waals surface area contributed by atoms with Gasteiger partial charge in [0, 0.05) is 10.8 Å². The highest BCUT2D eigenvalue weighted by molar-refractivity contribution is 7.99. The van der Waals surface area contributed by atoms with Crippen LogP contribution in [0.3, 0.4) is 0 Å². The fraction of sp³-hybridized carbons (Fsp3) is 0.250. The Morgan fingerprint density at radius 1 is 1.55 bits per heavy atom. The van der Waals surface area contributed by atoms with Crippen LogP contribution < -0.4 is 5.32 Å². The van der Waals surface area contributed by atoms with E-state index in [9.17, 15) is 9.59 Å². The van der Waals surface area contributed by atoms with Crippen LogP contribution in [0.1, 0.15) is 5.56 Å². The summed E-state index contributed by atoms with van der Waals surface area (Å²) in [6.07, 6.45) is 0. The van der Waals surface area contributed by atoms with Crippen molar-refractivity contribution < 1.29 is 14.7 Å². The van der Waals surface area contributed by atoms with Gasteiger partial charge in [0.15, 0.2) is 0 Å². The van der Waals surface area contributed by atoms with Crippen molar-refractivity contribution in [1.29, 1.82) is 5.26 Å². The Balaban J connectivity index is 2.18. The molecule has 1 aliphatic heterocycles. The number of aliphatic carboxylic acids is 1. The van der Waals surface area contributed by atoms with E-state index in [4.69, 9.17) is 22.0 Å². The van der Waals surface area contributed by atoms with Gasteiger partial charge in [-0.15, -0.1) is 11.8 Å². The van der Waals surface area contributed by atoms with Crippen LogP contribution >= 0.6 is 23.4 Å². The molecule has 1 aromatic rings. The lowest BCUT2D eigenvalue weighted by Crippen LogP contribution is -2.44. The van der Waals surface area contributed by atoms with E-state index in [1.54, 1.807) is 6.07 Å². The molecular formula is C12H10ClN3O3S. The van der Waals surface area contributed by atoms with Crippen LogP contribution in [0.5, 0.6) is 0 Å². The number of hydrogen-bond acceptors (Lipinski definition) is 4. The molecule has 1 aliphatic rings. The molecule has 104 valence electrons. The second-order valence-electron chi connectivity index (χ2n) is 4.06. The van der Waals surface area contributed by atoms with Gasteiger partial charge in [0.2, 0.25) is 0 Å². The number of rotatable bonds is 2. The highest BCUT2D eigenvalue weighted by atomic mass is 35.5. The molecule has 1 aromatic carbocycles. The maximum absolute atomic E-state index is 12.1. The van der Waals surface area contributed by atoms with Gasteiger partial charge in [0.1, 0.15) is 12.1 Å². The minimum absolute atomic E-state index is 0.265. The van der Waals surface area contributed by atoms with Crippen molar-refractivity contribution in [2.24, 2.45) is 0 Å². The van der Waals surface area contributed by atoms with E-state index in [0.29, 0.717) is 16.7 Å². The van der Waals surface area contributed by atoms with E-state index < -0.39 is 18.0 Å². The molecule has 2 amide bonds. The summed E-state index contributed by atoms with van der Waals surface area (Å²) in [5.41, 5.74) is 0.535. The molecule has 0 bridgehead atoms. The molecule has 0 aliphatic carbocycles.